The van der Waals surface area contributed by atoms with Gasteiger partial charge in [-0.05, 0) is 42.0 Å². The first kappa shape index (κ1) is 30.9. The highest BCUT2D eigenvalue weighted by atomic mass is 32.2. The molecule has 10 nitrogen and oxygen atoms in total. The van der Waals surface area contributed by atoms with Crippen LogP contribution in [0, 0.1) is 16.7 Å². The van der Waals surface area contributed by atoms with E-state index in [9.17, 15) is 26.9 Å². The lowest BCUT2D eigenvalue weighted by Gasteiger charge is -2.28. The Labute approximate surface area is 262 Å². The number of fused-ring (bicyclic) bond motifs is 2. The number of sulfone groups is 1. The molecule has 2 aromatic carbocycles. The van der Waals surface area contributed by atoms with Gasteiger partial charge < -0.3 is 16.1 Å². The Hall–Kier alpha value is -4.13. The third kappa shape index (κ3) is 5.73. The molecular formula is C30H31F3N8O2S2. The van der Waals surface area contributed by atoms with Gasteiger partial charge in [0.15, 0.2) is 15.4 Å². The summed E-state index contributed by atoms with van der Waals surface area (Å²) in [6, 6.07) is 10.1. The van der Waals surface area contributed by atoms with Crippen molar-refractivity contribution in [3.8, 4) is 6.07 Å². The number of hydrogen-bond acceptors (Lipinski definition) is 11. The van der Waals surface area contributed by atoms with Crippen molar-refractivity contribution in [3.05, 3.63) is 65.1 Å². The number of nitrogens with one attached hydrogen (secondary N) is 4. The number of hydrazine groups is 2. The van der Waals surface area contributed by atoms with Crippen LogP contribution in [-0.4, -0.2) is 47.9 Å². The van der Waals surface area contributed by atoms with Crippen LogP contribution in [0.5, 0.6) is 0 Å². The molecule has 1 atom stereocenters. The molecule has 45 heavy (non-hydrogen) atoms. The lowest BCUT2D eigenvalue weighted by Crippen LogP contribution is -2.52. The maximum Gasteiger partial charge on any atom is 0.413 e. The molecule has 1 aliphatic carbocycles. The maximum absolute atomic E-state index is 14.0. The minimum Gasteiger partial charge on any atom is -0.383 e. The van der Waals surface area contributed by atoms with E-state index in [1.807, 2.05) is 39.0 Å². The van der Waals surface area contributed by atoms with E-state index in [0.717, 1.165) is 21.5 Å². The van der Waals surface area contributed by atoms with E-state index >= 15 is 0 Å². The van der Waals surface area contributed by atoms with Crippen LogP contribution in [0.4, 0.5) is 24.5 Å². The average Bonchev–Trinajstić information content (AvgIpc) is 3.40. The zero-order valence-corrected chi connectivity index (χ0v) is 26.5. The molecule has 0 spiro atoms. The number of pyridine rings is 1. The van der Waals surface area contributed by atoms with Crippen LogP contribution < -0.4 is 21.6 Å². The van der Waals surface area contributed by atoms with E-state index in [4.69, 9.17) is 0 Å². The summed E-state index contributed by atoms with van der Waals surface area (Å²) in [6.45, 7) is 6.57. The van der Waals surface area contributed by atoms with Gasteiger partial charge in [-0.25, -0.2) is 13.4 Å². The van der Waals surface area contributed by atoms with Gasteiger partial charge in [-0.15, -0.1) is 16.9 Å². The molecule has 6 rings (SSSR count). The number of hydrogen-bond donors (Lipinski definition) is 4. The number of alkyl halides is 3. The second kappa shape index (κ2) is 10.7. The van der Waals surface area contributed by atoms with E-state index in [1.165, 1.54) is 29.8 Å². The molecule has 1 fully saturated rings. The Morgan fingerprint density at radius 1 is 1.20 bits per heavy atom. The summed E-state index contributed by atoms with van der Waals surface area (Å²) >= 11 is 1.39. The average molecular weight is 657 g/mol. The summed E-state index contributed by atoms with van der Waals surface area (Å²) in [5, 5.41) is 18.1. The van der Waals surface area contributed by atoms with Gasteiger partial charge in [0.2, 0.25) is 0 Å². The van der Waals surface area contributed by atoms with Gasteiger partial charge in [0, 0.05) is 36.3 Å². The number of rotatable bonds is 8. The van der Waals surface area contributed by atoms with Crippen molar-refractivity contribution in [3.63, 3.8) is 0 Å². The summed E-state index contributed by atoms with van der Waals surface area (Å²) in [5.41, 5.74) is 8.21. The summed E-state index contributed by atoms with van der Waals surface area (Å²) < 4.78 is 69.0. The van der Waals surface area contributed by atoms with E-state index < -0.39 is 27.6 Å². The predicted octanol–water partition coefficient (Wildman–Crippen LogP) is 5.99. The van der Waals surface area contributed by atoms with Gasteiger partial charge in [-0.2, -0.15) is 18.4 Å². The minimum atomic E-state index is -4.45. The number of nitrogens with zero attached hydrogens (tertiary/aromatic N) is 4. The normalized spacial score (nSPS) is 17.1. The Bertz CT molecular complexity index is 1990. The number of halogens is 3. The van der Waals surface area contributed by atoms with E-state index in [-0.39, 0.29) is 34.2 Å². The Morgan fingerprint density at radius 3 is 2.60 bits per heavy atom. The van der Waals surface area contributed by atoms with Crippen LogP contribution in [0.3, 0.4) is 0 Å². The number of aromatic nitrogens is 2. The number of benzene rings is 2. The fourth-order valence-electron chi connectivity index (χ4n) is 5.38. The lowest BCUT2D eigenvalue weighted by molar-refractivity contribution is -0.195. The lowest BCUT2D eigenvalue weighted by atomic mass is 9.96. The first-order chi connectivity index (χ1) is 21.1. The van der Waals surface area contributed by atoms with Crippen molar-refractivity contribution in [1.29, 1.82) is 5.26 Å². The van der Waals surface area contributed by atoms with Gasteiger partial charge >= 0.3 is 6.18 Å². The SMILES string of the molecule is CC(C)(C)CNc1c(C#N)cnc2c(S(C)(=O)=O)cc(N[C@H](C3=CN(C4(C(F)(F)F)CC4)NN3)c3cccc4ncsc34)cc12. The molecule has 0 saturated heterocycles. The zero-order chi connectivity index (χ0) is 32.4. The van der Waals surface area contributed by atoms with Crippen LogP contribution >= 0.6 is 11.3 Å². The molecule has 1 aliphatic heterocycles. The molecule has 0 radical (unpaired) electrons. The Balaban J connectivity index is 1.52. The smallest absolute Gasteiger partial charge is 0.383 e. The van der Waals surface area contributed by atoms with Crippen LogP contribution in [-0.2, 0) is 9.84 Å². The molecule has 15 heteroatoms. The van der Waals surface area contributed by atoms with Crippen molar-refractivity contribution in [2.45, 2.75) is 56.3 Å². The first-order valence-electron chi connectivity index (χ1n) is 14.1. The fraction of sp³-hybridized carbons (Fsp3) is 0.367. The van der Waals surface area contributed by atoms with Crippen molar-refractivity contribution >= 4 is 53.7 Å². The summed E-state index contributed by atoms with van der Waals surface area (Å²) in [4.78, 5) is 8.70. The van der Waals surface area contributed by atoms with Gasteiger partial charge in [-0.1, -0.05) is 32.9 Å². The predicted molar refractivity (Wildman–Crippen MR) is 168 cm³/mol. The molecule has 4 N–H and O–H groups in total. The highest BCUT2D eigenvalue weighted by Gasteiger charge is 2.67. The number of thiazole rings is 1. The first-order valence-corrected chi connectivity index (χ1v) is 16.9. The molecule has 0 unspecified atom stereocenters. The van der Waals surface area contributed by atoms with Gasteiger partial charge in [0.25, 0.3) is 0 Å². The van der Waals surface area contributed by atoms with E-state index in [2.05, 4.69) is 37.6 Å². The molecule has 236 valence electrons. The number of nitriles is 1. The molecule has 1 saturated carbocycles. The topological polar surface area (TPSA) is 135 Å². The van der Waals surface area contributed by atoms with Crippen molar-refractivity contribution in [2.75, 3.05) is 23.4 Å². The Morgan fingerprint density at radius 2 is 1.96 bits per heavy atom. The van der Waals surface area contributed by atoms with E-state index in [0.29, 0.717) is 34.5 Å². The standard InChI is InChI=1S/C30H31F3N8O2S2/c1-28(2,3)15-36-24-17(12-34)13-35-26-20(24)10-18(11-23(26)45(4,42)43)38-25(19-6-5-7-21-27(19)44-16-37-21)22-14-41(40-39-22)29(8-9-29)30(31,32)33/h5-7,10-11,13-14,16,25,38-40H,8-9,15H2,1-4H3,(H,35,36)/t25-/m0/s1. The largest absolute Gasteiger partial charge is 0.413 e. The molecule has 2 aliphatic rings. The minimum absolute atomic E-state index is 0.0432. The molecular weight excluding hydrogens is 626 g/mol. The highest BCUT2D eigenvalue weighted by Crippen LogP contribution is 2.54. The monoisotopic (exact) mass is 656 g/mol. The maximum atomic E-state index is 14.0. The summed E-state index contributed by atoms with van der Waals surface area (Å²) in [5.74, 6) is 0. The number of anilines is 2. The van der Waals surface area contributed by atoms with Crippen LogP contribution in [0.1, 0.15) is 50.8 Å². The highest BCUT2D eigenvalue weighted by molar-refractivity contribution is 7.91. The molecule has 0 amide bonds. The van der Waals surface area contributed by atoms with Crippen molar-refractivity contribution < 1.29 is 21.6 Å². The molecule has 4 aromatic rings. The summed E-state index contributed by atoms with van der Waals surface area (Å²) in [7, 11) is -3.81. The fourth-order valence-corrected chi connectivity index (χ4v) is 7.07. The molecule has 0 bridgehead atoms. The van der Waals surface area contributed by atoms with Gasteiger partial charge in [-0.3, -0.25) is 9.99 Å². The third-order valence-corrected chi connectivity index (χ3v) is 9.87. The van der Waals surface area contributed by atoms with Crippen molar-refractivity contribution in [1.82, 2.24) is 25.9 Å². The van der Waals surface area contributed by atoms with Gasteiger partial charge in [0.1, 0.15) is 6.07 Å². The van der Waals surface area contributed by atoms with Gasteiger partial charge in [0.05, 0.1) is 49.1 Å². The zero-order valence-electron chi connectivity index (χ0n) is 24.9. The second-order valence-corrected chi connectivity index (χ2v) is 15.4. The quantitative estimate of drug-likeness (QED) is 0.179. The summed E-state index contributed by atoms with van der Waals surface area (Å²) in [6.07, 6.45) is -0.694. The third-order valence-electron chi connectivity index (χ3n) is 7.87. The van der Waals surface area contributed by atoms with Crippen LogP contribution in [0.15, 0.2) is 58.8 Å². The van der Waals surface area contributed by atoms with Crippen molar-refractivity contribution in [2.24, 2.45) is 5.41 Å². The molecule has 2 aromatic heterocycles. The van der Waals surface area contributed by atoms with E-state index in [1.54, 1.807) is 11.6 Å². The molecule has 3 heterocycles. The Kier molecular flexibility index (Phi) is 7.37. The van der Waals surface area contributed by atoms with Crippen LogP contribution in [0.25, 0.3) is 21.1 Å². The second-order valence-electron chi connectivity index (χ2n) is 12.6. The van der Waals surface area contributed by atoms with Crippen LogP contribution in [0.2, 0.25) is 0 Å².